The standard InChI is InChI=1S/C34H26N2O2/c1-25-22-23-30(26-14-6-2-7-15-26)31(24-25)32-35-36(33(37)38-32)34(27-16-8-3-9-17-27,28-18-10-4-11-19-28)29-20-12-5-13-21-29/h2-24H,1H3. The van der Waals surface area contributed by atoms with Crippen molar-refractivity contribution in [2.24, 2.45) is 0 Å². The minimum Gasteiger partial charge on any atom is -0.388 e. The molecule has 0 aliphatic heterocycles. The number of aromatic nitrogens is 2. The van der Waals surface area contributed by atoms with Gasteiger partial charge in [0.15, 0.2) is 0 Å². The van der Waals surface area contributed by atoms with Crippen LogP contribution in [-0.4, -0.2) is 9.78 Å². The van der Waals surface area contributed by atoms with Gasteiger partial charge in [-0.2, -0.15) is 4.68 Å². The van der Waals surface area contributed by atoms with Crippen LogP contribution in [0.4, 0.5) is 0 Å². The highest BCUT2D eigenvalue weighted by atomic mass is 16.4. The Balaban J connectivity index is 1.67. The first kappa shape index (κ1) is 23.4. The normalized spacial score (nSPS) is 11.4. The third kappa shape index (κ3) is 3.97. The van der Waals surface area contributed by atoms with Gasteiger partial charge in [-0.1, -0.05) is 139 Å². The van der Waals surface area contributed by atoms with E-state index < -0.39 is 11.3 Å². The molecule has 38 heavy (non-hydrogen) atoms. The average Bonchev–Trinajstić information content (AvgIpc) is 3.37. The molecule has 0 fully saturated rings. The Bertz CT molecular complexity index is 1630. The monoisotopic (exact) mass is 494 g/mol. The van der Waals surface area contributed by atoms with Crippen LogP contribution in [0.25, 0.3) is 22.6 Å². The van der Waals surface area contributed by atoms with Gasteiger partial charge < -0.3 is 4.42 Å². The molecule has 1 heterocycles. The molecule has 4 heteroatoms. The number of hydrogen-bond donors (Lipinski definition) is 0. The van der Waals surface area contributed by atoms with E-state index in [-0.39, 0.29) is 5.89 Å². The Morgan fingerprint density at radius 2 is 1.08 bits per heavy atom. The second-order valence-corrected chi connectivity index (χ2v) is 9.31. The largest absolute Gasteiger partial charge is 0.438 e. The highest BCUT2D eigenvalue weighted by Crippen LogP contribution is 2.40. The van der Waals surface area contributed by atoms with E-state index in [0.29, 0.717) is 0 Å². The minimum absolute atomic E-state index is 0.282. The Labute approximate surface area is 221 Å². The maximum Gasteiger partial charge on any atom is 0.438 e. The molecule has 0 saturated carbocycles. The predicted molar refractivity (Wildman–Crippen MR) is 151 cm³/mol. The summed E-state index contributed by atoms with van der Waals surface area (Å²) in [5.74, 6) is -0.248. The van der Waals surface area contributed by atoms with Gasteiger partial charge in [0.2, 0.25) is 5.89 Å². The fourth-order valence-electron chi connectivity index (χ4n) is 5.21. The van der Waals surface area contributed by atoms with Crippen molar-refractivity contribution in [2.45, 2.75) is 12.5 Å². The topological polar surface area (TPSA) is 48.0 Å². The van der Waals surface area contributed by atoms with Gasteiger partial charge in [0.1, 0.15) is 5.54 Å². The average molecular weight is 495 g/mol. The zero-order valence-corrected chi connectivity index (χ0v) is 21.0. The van der Waals surface area contributed by atoms with E-state index in [0.717, 1.165) is 38.9 Å². The van der Waals surface area contributed by atoms with Crippen molar-refractivity contribution >= 4 is 0 Å². The van der Waals surface area contributed by atoms with E-state index in [9.17, 15) is 4.79 Å². The number of hydrogen-bond acceptors (Lipinski definition) is 3. The summed E-state index contributed by atoms with van der Waals surface area (Å²) in [5.41, 5.74) is 5.49. The van der Waals surface area contributed by atoms with E-state index in [2.05, 4.69) is 12.1 Å². The number of rotatable bonds is 6. The molecule has 0 amide bonds. The number of benzene rings is 5. The maximum atomic E-state index is 13.8. The van der Waals surface area contributed by atoms with Gasteiger partial charge in [-0.3, -0.25) is 0 Å². The lowest BCUT2D eigenvalue weighted by Gasteiger charge is -2.34. The zero-order chi connectivity index (χ0) is 26.0. The molecule has 0 aliphatic rings. The van der Waals surface area contributed by atoms with Crippen LogP contribution in [0.5, 0.6) is 0 Å². The molecular weight excluding hydrogens is 468 g/mol. The minimum atomic E-state index is -1.04. The van der Waals surface area contributed by atoms with E-state index in [1.54, 1.807) is 0 Å². The summed E-state index contributed by atoms with van der Waals surface area (Å²) < 4.78 is 7.48. The number of aryl methyl sites for hydroxylation is 1. The molecule has 0 radical (unpaired) electrons. The zero-order valence-electron chi connectivity index (χ0n) is 21.0. The molecule has 4 nitrogen and oxygen atoms in total. The molecule has 5 aromatic carbocycles. The Morgan fingerprint density at radius 3 is 1.58 bits per heavy atom. The summed E-state index contributed by atoms with van der Waals surface area (Å²) in [6.07, 6.45) is 0. The fourth-order valence-corrected chi connectivity index (χ4v) is 5.21. The molecule has 0 spiro atoms. The van der Waals surface area contributed by atoms with Gasteiger partial charge in [-0.25, -0.2) is 4.79 Å². The lowest BCUT2D eigenvalue weighted by molar-refractivity contribution is 0.406. The van der Waals surface area contributed by atoms with Crippen LogP contribution in [0.3, 0.4) is 0 Å². The summed E-state index contributed by atoms with van der Waals surface area (Å²) in [7, 11) is 0. The lowest BCUT2D eigenvalue weighted by Crippen LogP contribution is -2.43. The smallest absolute Gasteiger partial charge is 0.388 e. The van der Waals surface area contributed by atoms with Gasteiger partial charge in [0.25, 0.3) is 0 Å². The van der Waals surface area contributed by atoms with Crippen LogP contribution in [0.15, 0.2) is 149 Å². The van der Waals surface area contributed by atoms with Gasteiger partial charge in [0.05, 0.1) is 0 Å². The highest BCUT2D eigenvalue weighted by Gasteiger charge is 2.42. The second kappa shape index (κ2) is 9.83. The van der Waals surface area contributed by atoms with Crippen molar-refractivity contribution in [2.75, 3.05) is 0 Å². The van der Waals surface area contributed by atoms with Gasteiger partial charge in [-0.05, 0) is 40.8 Å². The molecule has 0 bridgehead atoms. The molecule has 1 aromatic heterocycles. The van der Waals surface area contributed by atoms with E-state index in [1.807, 2.05) is 134 Å². The summed E-state index contributed by atoms with van der Waals surface area (Å²) in [5, 5.41) is 4.95. The van der Waals surface area contributed by atoms with Gasteiger partial charge in [0, 0.05) is 5.56 Å². The first-order valence-electron chi connectivity index (χ1n) is 12.6. The third-order valence-electron chi connectivity index (χ3n) is 6.93. The molecule has 0 saturated heterocycles. The van der Waals surface area contributed by atoms with Crippen molar-refractivity contribution < 1.29 is 4.42 Å². The van der Waals surface area contributed by atoms with Crippen molar-refractivity contribution in [3.63, 3.8) is 0 Å². The Kier molecular flexibility index (Phi) is 6.06. The molecule has 0 unspecified atom stereocenters. The molecule has 184 valence electrons. The number of nitrogens with zero attached hydrogens (tertiary/aromatic N) is 2. The molecule has 0 atom stereocenters. The molecule has 6 rings (SSSR count). The van der Waals surface area contributed by atoms with Crippen LogP contribution >= 0.6 is 0 Å². The van der Waals surface area contributed by atoms with Gasteiger partial charge >= 0.3 is 5.76 Å². The highest BCUT2D eigenvalue weighted by molar-refractivity contribution is 5.80. The Morgan fingerprint density at radius 1 is 0.605 bits per heavy atom. The first-order chi connectivity index (χ1) is 18.7. The van der Waals surface area contributed by atoms with Crippen LogP contribution in [0.2, 0.25) is 0 Å². The predicted octanol–water partition coefficient (Wildman–Crippen LogP) is 7.32. The van der Waals surface area contributed by atoms with Crippen LogP contribution in [0.1, 0.15) is 22.3 Å². The summed E-state index contributed by atoms with van der Waals surface area (Å²) in [6.45, 7) is 2.02. The SMILES string of the molecule is Cc1ccc(-c2ccccc2)c(-c2nn(C(c3ccccc3)(c3ccccc3)c3ccccc3)c(=O)o2)c1. The molecule has 0 N–H and O–H groups in total. The van der Waals surface area contributed by atoms with Crippen molar-refractivity contribution in [3.8, 4) is 22.6 Å². The van der Waals surface area contributed by atoms with E-state index >= 15 is 0 Å². The van der Waals surface area contributed by atoms with Crippen LogP contribution in [0, 0.1) is 6.92 Å². The van der Waals surface area contributed by atoms with Crippen molar-refractivity contribution in [3.05, 3.63) is 172 Å². The molecule has 0 aliphatic carbocycles. The van der Waals surface area contributed by atoms with Crippen LogP contribution < -0.4 is 5.76 Å². The summed E-state index contributed by atoms with van der Waals surface area (Å²) in [4.78, 5) is 13.8. The molecular formula is C34H26N2O2. The van der Waals surface area contributed by atoms with E-state index in [1.165, 1.54) is 4.68 Å². The maximum absolute atomic E-state index is 13.8. The first-order valence-corrected chi connectivity index (χ1v) is 12.6. The molecule has 6 aromatic rings. The fraction of sp³-hybridized carbons (Fsp3) is 0.0588. The van der Waals surface area contributed by atoms with Crippen LogP contribution in [-0.2, 0) is 5.54 Å². The summed E-state index contributed by atoms with van der Waals surface area (Å²) in [6, 6.07) is 46.2. The van der Waals surface area contributed by atoms with E-state index in [4.69, 9.17) is 9.52 Å². The van der Waals surface area contributed by atoms with Crippen molar-refractivity contribution in [1.29, 1.82) is 0 Å². The Hall–Kier alpha value is -4.96. The summed E-state index contributed by atoms with van der Waals surface area (Å²) >= 11 is 0. The third-order valence-corrected chi connectivity index (χ3v) is 6.93. The quantitative estimate of drug-likeness (QED) is 0.228. The van der Waals surface area contributed by atoms with Crippen molar-refractivity contribution in [1.82, 2.24) is 9.78 Å². The lowest BCUT2D eigenvalue weighted by atomic mass is 9.77. The second-order valence-electron chi connectivity index (χ2n) is 9.31. The van der Waals surface area contributed by atoms with Gasteiger partial charge in [-0.15, -0.1) is 5.10 Å².